The lowest BCUT2D eigenvalue weighted by molar-refractivity contribution is -0.132. The molecule has 2 rings (SSSR count). The number of hydrogen-bond donors (Lipinski definition) is 0. The second-order valence-corrected chi connectivity index (χ2v) is 6.52. The van der Waals surface area contributed by atoms with Crippen LogP contribution in [0.15, 0.2) is 30.3 Å². The first-order chi connectivity index (χ1) is 8.50. The van der Waals surface area contributed by atoms with Crippen LogP contribution in [0.25, 0.3) is 0 Å². The molecule has 0 aliphatic heterocycles. The van der Waals surface area contributed by atoms with Crippen LogP contribution in [0.2, 0.25) is 0 Å². The first-order valence-electron chi connectivity index (χ1n) is 7.09. The fraction of sp³-hybridized carbons (Fsp3) is 0.588. The molecule has 1 heteroatoms. The molecule has 1 fully saturated rings. The zero-order chi connectivity index (χ0) is 13.2. The number of ketones is 1. The summed E-state index contributed by atoms with van der Waals surface area (Å²) in [5, 5.41) is 0. The lowest BCUT2D eigenvalue weighted by Crippen LogP contribution is -2.34. The van der Waals surface area contributed by atoms with Gasteiger partial charge in [-0.15, -0.1) is 0 Å². The van der Waals surface area contributed by atoms with Crippen LogP contribution >= 0.6 is 0 Å². The molecule has 0 N–H and O–H groups in total. The maximum Gasteiger partial charge on any atom is 0.141 e. The lowest BCUT2D eigenvalue weighted by atomic mass is 9.68. The molecule has 1 aliphatic carbocycles. The predicted molar refractivity (Wildman–Crippen MR) is 75.6 cm³/mol. The highest BCUT2D eigenvalue weighted by atomic mass is 16.1. The Bertz CT molecular complexity index is 399. The van der Waals surface area contributed by atoms with Gasteiger partial charge >= 0.3 is 0 Å². The van der Waals surface area contributed by atoms with Crippen LogP contribution in [0.3, 0.4) is 0 Å². The van der Waals surface area contributed by atoms with Gasteiger partial charge in [0.2, 0.25) is 0 Å². The minimum atomic E-state index is -0.213. The van der Waals surface area contributed by atoms with Crippen molar-refractivity contribution in [3.05, 3.63) is 35.9 Å². The molecule has 98 valence electrons. The topological polar surface area (TPSA) is 17.1 Å². The van der Waals surface area contributed by atoms with E-state index in [1.165, 1.54) is 18.4 Å². The summed E-state index contributed by atoms with van der Waals surface area (Å²) in [5.41, 5.74) is 1.13. The maximum atomic E-state index is 12.6. The van der Waals surface area contributed by atoms with Crippen molar-refractivity contribution in [1.82, 2.24) is 0 Å². The zero-order valence-corrected chi connectivity index (χ0v) is 11.8. The molecule has 1 saturated carbocycles. The van der Waals surface area contributed by atoms with Gasteiger partial charge in [-0.25, -0.2) is 0 Å². The minimum Gasteiger partial charge on any atom is -0.299 e. The number of carbonyl (C=O) groups is 1. The molecule has 2 atom stereocenters. The number of hydrogen-bond acceptors (Lipinski definition) is 1. The monoisotopic (exact) mass is 244 g/mol. The summed E-state index contributed by atoms with van der Waals surface area (Å²) in [6.45, 7) is 6.14. The third kappa shape index (κ3) is 2.82. The Balaban J connectivity index is 2.24. The van der Waals surface area contributed by atoms with Gasteiger partial charge in [0.1, 0.15) is 5.78 Å². The fourth-order valence-corrected chi connectivity index (χ4v) is 3.10. The van der Waals surface area contributed by atoms with Gasteiger partial charge < -0.3 is 0 Å². The van der Waals surface area contributed by atoms with Crippen molar-refractivity contribution < 1.29 is 4.79 Å². The van der Waals surface area contributed by atoms with Gasteiger partial charge in [0.25, 0.3) is 0 Å². The first kappa shape index (κ1) is 13.3. The van der Waals surface area contributed by atoms with Crippen LogP contribution in [0.5, 0.6) is 0 Å². The number of Topliss-reactive ketones (excluding diaryl/α,β-unsaturated/α-hetero) is 1. The molecule has 0 heterocycles. The smallest absolute Gasteiger partial charge is 0.141 e. The molecular weight excluding hydrogens is 220 g/mol. The van der Waals surface area contributed by atoms with E-state index in [0.717, 1.165) is 12.8 Å². The predicted octanol–water partition coefficient (Wildman–Crippen LogP) is 4.58. The second kappa shape index (κ2) is 5.26. The summed E-state index contributed by atoms with van der Waals surface area (Å²) in [4.78, 5) is 12.6. The fourth-order valence-electron chi connectivity index (χ4n) is 3.10. The van der Waals surface area contributed by atoms with E-state index in [9.17, 15) is 4.79 Å². The van der Waals surface area contributed by atoms with Crippen molar-refractivity contribution in [2.24, 2.45) is 11.3 Å². The summed E-state index contributed by atoms with van der Waals surface area (Å²) in [6.07, 6.45) is 4.69. The summed E-state index contributed by atoms with van der Waals surface area (Å²) < 4.78 is 0. The highest BCUT2D eigenvalue weighted by Gasteiger charge is 2.36. The SMILES string of the molecule is CC(C)(C)C(=O)C1CCCC[C@H]1c1ccccc1. The maximum absolute atomic E-state index is 12.6. The van der Waals surface area contributed by atoms with Crippen molar-refractivity contribution in [1.29, 1.82) is 0 Å². The Hall–Kier alpha value is -1.11. The van der Waals surface area contributed by atoms with Crippen molar-refractivity contribution in [2.45, 2.75) is 52.4 Å². The van der Waals surface area contributed by atoms with Crippen LogP contribution in [-0.2, 0) is 4.79 Å². The van der Waals surface area contributed by atoms with Gasteiger partial charge in [0, 0.05) is 11.3 Å². The number of benzene rings is 1. The molecule has 1 unspecified atom stereocenters. The van der Waals surface area contributed by atoms with E-state index in [1.54, 1.807) is 0 Å². The molecule has 1 aromatic rings. The third-order valence-electron chi connectivity index (χ3n) is 4.07. The average molecular weight is 244 g/mol. The summed E-state index contributed by atoms with van der Waals surface area (Å²) in [6, 6.07) is 10.6. The van der Waals surface area contributed by atoms with Gasteiger partial charge in [-0.05, 0) is 24.3 Å². The standard InChI is InChI=1S/C17H24O/c1-17(2,3)16(18)15-12-8-7-11-14(15)13-9-5-4-6-10-13/h4-6,9-10,14-15H,7-8,11-12H2,1-3H3/t14-,15?/m0/s1. The molecule has 0 bridgehead atoms. The Morgan fingerprint density at radius 3 is 2.28 bits per heavy atom. The normalized spacial score (nSPS) is 24.8. The number of rotatable bonds is 2. The van der Waals surface area contributed by atoms with Gasteiger partial charge in [-0.2, -0.15) is 0 Å². The van der Waals surface area contributed by atoms with Gasteiger partial charge in [0.15, 0.2) is 0 Å². The van der Waals surface area contributed by atoms with Crippen LogP contribution in [0.1, 0.15) is 57.9 Å². The first-order valence-corrected chi connectivity index (χ1v) is 7.09. The molecular formula is C17H24O. The Kier molecular flexibility index (Phi) is 3.89. The highest BCUT2D eigenvalue weighted by Crippen LogP contribution is 2.41. The van der Waals surface area contributed by atoms with E-state index >= 15 is 0 Å². The molecule has 0 radical (unpaired) electrons. The van der Waals surface area contributed by atoms with E-state index in [4.69, 9.17) is 0 Å². The van der Waals surface area contributed by atoms with Crippen molar-refractivity contribution in [3.8, 4) is 0 Å². The molecule has 1 aromatic carbocycles. The largest absolute Gasteiger partial charge is 0.299 e. The van der Waals surface area contributed by atoms with E-state index in [1.807, 2.05) is 26.8 Å². The summed E-state index contributed by atoms with van der Waals surface area (Å²) >= 11 is 0. The van der Waals surface area contributed by atoms with Crippen molar-refractivity contribution in [3.63, 3.8) is 0 Å². The van der Waals surface area contributed by atoms with Gasteiger partial charge in [-0.1, -0.05) is 63.9 Å². The zero-order valence-electron chi connectivity index (χ0n) is 11.8. The highest BCUT2D eigenvalue weighted by molar-refractivity contribution is 5.86. The minimum absolute atomic E-state index is 0.213. The molecule has 1 nitrogen and oxygen atoms in total. The Labute approximate surface area is 111 Å². The van der Waals surface area contributed by atoms with Gasteiger partial charge in [0.05, 0.1) is 0 Å². The van der Waals surface area contributed by atoms with Crippen LogP contribution < -0.4 is 0 Å². The summed E-state index contributed by atoms with van der Waals surface area (Å²) in [7, 11) is 0. The Morgan fingerprint density at radius 1 is 1.06 bits per heavy atom. The van der Waals surface area contributed by atoms with E-state index in [2.05, 4.69) is 24.3 Å². The summed E-state index contributed by atoms with van der Waals surface area (Å²) in [5.74, 6) is 1.10. The van der Waals surface area contributed by atoms with E-state index < -0.39 is 0 Å². The van der Waals surface area contributed by atoms with Crippen LogP contribution in [0.4, 0.5) is 0 Å². The molecule has 0 amide bonds. The van der Waals surface area contributed by atoms with Crippen LogP contribution in [0, 0.1) is 11.3 Å². The average Bonchev–Trinajstić information content (AvgIpc) is 2.38. The van der Waals surface area contributed by atoms with Crippen molar-refractivity contribution in [2.75, 3.05) is 0 Å². The quantitative estimate of drug-likeness (QED) is 0.744. The van der Waals surface area contributed by atoms with E-state index in [-0.39, 0.29) is 11.3 Å². The third-order valence-corrected chi connectivity index (χ3v) is 4.07. The van der Waals surface area contributed by atoms with Crippen LogP contribution in [-0.4, -0.2) is 5.78 Å². The molecule has 0 saturated heterocycles. The second-order valence-electron chi connectivity index (χ2n) is 6.52. The lowest BCUT2D eigenvalue weighted by Gasteiger charge is -2.34. The van der Waals surface area contributed by atoms with E-state index in [0.29, 0.717) is 11.7 Å². The molecule has 18 heavy (non-hydrogen) atoms. The molecule has 0 aromatic heterocycles. The van der Waals surface area contributed by atoms with Crippen molar-refractivity contribution >= 4 is 5.78 Å². The molecule has 0 spiro atoms. The Morgan fingerprint density at radius 2 is 1.67 bits per heavy atom. The van der Waals surface area contributed by atoms with Gasteiger partial charge in [-0.3, -0.25) is 4.79 Å². The molecule has 1 aliphatic rings. The number of carbonyl (C=O) groups excluding carboxylic acids is 1.